The van der Waals surface area contributed by atoms with Crippen molar-refractivity contribution < 1.29 is 0 Å². The van der Waals surface area contributed by atoms with E-state index in [-0.39, 0.29) is 0 Å². The summed E-state index contributed by atoms with van der Waals surface area (Å²) in [6.07, 6.45) is 6.25. The quantitative estimate of drug-likeness (QED) is 0.353. The summed E-state index contributed by atoms with van der Waals surface area (Å²) in [7, 11) is 0. The minimum atomic E-state index is 0.676. The summed E-state index contributed by atoms with van der Waals surface area (Å²) in [6, 6.07) is 18.6. The predicted molar refractivity (Wildman–Crippen MR) is 143 cm³/mol. The number of rotatable bonds is 5. The Hall–Kier alpha value is -3.78. The van der Waals surface area contributed by atoms with Gasteiger partial charge in [-0.3, -0.25) is 4.98 Å². The molecule has 0 unspecified atom stereocenters. The highest BCUT2D eigenvalue weighted by Crippen LogP contribution is 2.43. The molecular weight excluding hydrogens is 454 g/mol. The van der Waals surface area contributed by atoms with Crippen molar-refractivity contribution >= 4 is 55.6 Å². The van der Waals surface area contributed by atoms with Crippen LogP contribution in [0, 0.1) is 0 Å². The first kappa shape index (κ1) is 20.6. The SMILES string of the molecule is c1ccc(N2CCN(c3cc4ncccc4c(Nc4ccc5nc(C6CC6)sc5c4)n3)CC2)nc1. The van der Waals surface area contributed by atoms with Crippen LogP contribution in [0.25, 0.3) is 21.1 Å². The average molecular weight is 480 g/mol. The van der Waals surface area contributed by atoms with Gasteiger partial charge in [0.25, 0.3) is 0 Å². The third kappa shape index (κ3) is 4.04. The second-order valence-electron chi connectivity index (χ2n) is 9.20. The molecule has 1 aliphatic heterocycles. The van der Waals surface area contributed by atoms with E-state index in [4.69, 9.17) is 9.97 Å². The van der Waals surface area contributed by atoms with Crippen molar-refractivity contribution in [1.29, 1.82) is 0 Å². The van der Waals surface area contributed by atoms with E-state index in [9.17, 15) is 0 Å². The Morgan fingerprint density at radius 3 is 2.40 bits per heavy atom. The number of hydrogen-bond acceptors (Lipinski definition) is 8. The zero-order valence-electron chi connectivity index (χ0n) is 19.3. The number of nitrogens with one attached hydrogen (secondary N) is 1. The maximum Gasteiger partial charge on any atom is 0.142 e. The van der Waals surface area contributed by atoms with Crippen LogP contribution in [0.5, 0.6) is 0 Å². The number of pyridine rings is 3. The van der Waals surface area contributed by atoms with Gasteiger partial charge in [0, 0.05) is 61.6 Å². The molecule has 35 heavy (non-hydrogen) atoms. The molecule has 5 heterocycles. The Balaban J connectivity index is 1.17. The fourth-order valence-electron chi connectivity index (χ4n) is 4.69. The summed E-state index contributed by atoms with van der Waals surface area (Å²) in [5.74, 6) is 3.50. The van der Waals surface area contributed by atoms with E-state index in [0.29, 0.717) is 5.92 Å². The first-order chi connectivity index (χ1) is 17.3. The maximum atomic E-state index is 5.07. The van der Waals surface area contributed by atoms with Crippen LogP contribution in [0.1, 0.15) is 23.8 Å². The summed E-state index contributed by atoms with van der Waals surface area (Å²) in [6.45, 7) is 3.59. The van der Waals surface area contributed by atoms with Gasteiger partial charge in [0.1, 0.15) is 17.5 Å². The van der Waals surface area contributed by atoms with Gasteiger partial charge < -0.3 is 15.1 Å². The molecule has 1 saturated carbocycles. The minimum Gasteiger partial charge on any atom is -0.353 e. The third-order valence-corrected chi connectivity index (χ3v) is 7.94. The molecule has 7 rings (SSSR count). The van der Waals surface area contributed by atoms with Crippen molar-refractivity contribution in [3.8, 4) is 0 Å². The van der Waals surface area contributed by atoms with Crippen LogP contribution in [0.15, 0.2) is 67.0 Å². The molecule has 2 aliphatic rings. The maximum absolute atomic E-state index is 5.07. The van der Waals surface area contributed by atoms with E-state index in [1.807, 2.05) is 41.9 Å². The van der Waals surface area contributed by atoms with Gasteiger partial charge in [-0.05, 0) is 55.3 Å². The van der Waals surface area contributed by atoms with Crippen LogP contribution in [0.3, 0.4) is 0 Å². The van der Waals surface area contributed by atoms with E-state index in [2.05, 4.69) is 61.5 Å². The second-order valence-corrected chi connectivity index (χ2v) is 10.3. The number of nitrogens with zero attached hydrogens (tertiary/aromatic N) is 6. The van der Waals surface area contributed by atoms with E-state index >= 15 is 0 Å². The van der Waals surface area contributed by atoms with Crippen molar-refractivity contribution in [1.82, 2.24) is 19.9 Å². The molecule has 1 aromatic carbocycles. The number of aromatic nitrogens is 4. The van der Waals surface area contributed by atoms with Crippen molar-refractivity contribution in [3.63, 3.8) is 0 Å². The van der Waals surface area contributed by atoms with Crippen LogP contribution < -0.4 is 15.1 Å². The zero-order valence-corrected chi connectivity index (χ0v) is 20.1. The number of hydrogen-bond donors (Lipinski definition) is 1. The van der Waals surface area contributed by atoms with Gasteiger partial charge in [-0.1, -0.05) is 6.07 Å². The van der Waals surface area contributed by atoms with Gasteiger partial charge in [0.15, 0.2) is 0 Å². The molecule has 0 atom stereocenters. The molecule has 0 bridgehead atoms. The molecule has 5 aromatic rings. The Morgan fingerprint density at radius 2 is 1.60 bits per heavy atom. The van der Waals surface area contributed by atoms with Crippen LogP contribution in [-0.4, -0.2) is 46.1 Å². The molecule has 1 N–H and O–H groups in total. The number of fused-ring (bicyclic) bond motifs is 2. The summed E-state index contributed by atoms with van der Waals surface area (Å²) in [5.41, 5.74) is 3.06. The number of thiazole rings is 1. The summed E-state index contributed by atoms with van der Waals surface area (Å²) in [5, 5.41) is 5.88. The number of benzene rings is 1. The molecule has 4 aromatic heterocycles. The lowest BCUT2D eigenvalue weighted by Gasteiger charge is -2.36. The Labute approximate surface area is 207 Å². The molecule has 174 valence electrons. The summed E-state index contributed by atoms with van der Waals surface area (Å²) in [4.78, 5) is 23.7. The van der Waals surface area contributed by atoms with Gasteiger partial charge in [0.05, 0.1) is 20.7 Å². The van der Waals surface area contributed by atoms with Gasteiger partial charge >= 0.3 is 0 Å². The lowest BCUT2D eigenvalue weighted by molar-refractivity contribution is 0.642. The summed E-state index contributed by atoms with van der Waals surface area (Å²) < 4.78 is 1.22. The predicted octanol–water partition coefficient (Wildman–Crippen LogP) is 5.58. The Kier molecular flexibility index (Phi) is 4.98. The fourth-order valence-corrected chi connectivity index (χ4v) is 5.86. The fraction of sp³-hybridized carbons (Fsp3) is 0.259. The first-order valence-electron chi connectivity index (χ1n) is 12.1. The minimum absolute atomic E-state index is 0.676. The smallest absolute Gasteiger partial charge is 0.142 e. The average Bonchev–Trinajstić information content (AvgIpc) is 3.68. The molecule has 2 fully saturated rings. The Morgan fingerprint density at radius 1 is 0.771 bits per heavy atom. The van der Waals surface area contributed by atoms with Crippen molar-refractivity contribution in [2.24, 2.45) is 0 Å². The highest BCUT2D eigenvalue weighted by Gasteiger charge is 2.27. The molecule has 0 spiro atoms. The van der Waals surface area contributed by atoms with Crippen LogP contribution in [-0.2, 0) is 0 Å². The van der Waals surface area contributed by atoms with Gasteiger partial charge in [-0.15, -0.1) is 11.3 Å². The van der Waals surface area contributed by atoms with E-state index < -0.39 is 0 Å². The molecule has 0 amide bonds. The zero-order chi connectivity index (χ0) is 23.2. The lowest BCUT2D eigenvalue weighted by atomic mass is 10.2. The van der Waals surface area contributed by atoms with E-state index in [1.165, 1.54) is 22.5 Å². The van der Waals surface area contributed by atoms with E-state index in [0.717, 1.165) is 65.7 Å². The first-order valence-corrected chi connectivity index (χ1v) is 13.0. The monoisotopic (exact) mass is 479 g/mol. The van der Waals surface area contributed by atoms with Crippen molar-refractivity contribution in [2.45, 2.75) is 18.8 Å². The molecular formula is C27H25N7S. The highest BCUT2D eigenvalue weighted by atomic mass is 32.1. The Bertz CT molecular complexity index is 1500. The van der Waals surface area contributed by atoms with Crippen LogP contribution >= 0.6 is 11.3 Å². The summed E-state index contributed by atoms with van der Waals surface area (Å²) >= 11 is 1.82. The number of piperazine rings is 1. The van der Waals surface area contributed by atoms with Gasteiger partial charge in [0.2, 0.25) is 0 Å². The third-order valence-electron chi connectivity index (χ3n) is 6.76. The standard InChI is InChI=1S/C27H25N7S/c1-2-10-29-24(5-1)33-12-14-34(15-13-33)25-17-22-20(4-3-11-28-22)26(32-25)30-19-8-9-21-23(16-19)35-27(31-21)18-6-7-18/h1-5,8-11,16-18H,6-7,12-15H2,(H,30,32). The second kappa shape index (κ2) is 8.46. The molecule has 1 saturated heterocycles. The normalized spacial score (nSPS) is 16.2. The topological polar surface area (TPSA) is 70.1 Å². The highest BCUT2D eigenvalue weighted by molar-refractivity contribution is 7.18. The molecule has 8 heteroatoms. The molecule has 1 aliphatic carbocycles. The van der Waals surface area contributed by atoms with Gasteiger partial charge in [-0.2, -0.15) is 0 Å². The van der Waals surface area contributed by atoms with Crippen molar-refractivity contribution in [3.05, 3.63) is 72.0 Å². The van der Waals surface area contributed by atoms with E-state index in [1.54, 1.807) is 0 Å². The number of anilines is 4. The van der Waals surface area contributed by atoms with Crippen LogP contribution in [0.4, 0.5) is 23.1 Å². The molecule has 0 radical (unpaired) electrons. The van der Waals surface area contributed by atoms with Crippen LogP contribution in [0.2, 0.25) is 0 Å². The molecule has 7 nitrogen and oxygen atoms in total. The van der Waals surface area contributed by atoms with Gasteiger partial charge in [-0.25, -0.2) is 15.0 Å². The largest absolute Gasteiger partial charge is 0.353 e. The van der Waals surface area contributed by atoms with Crippen molar-refractivity contribution in [2.75, 3.05) is 41.3 Å². The lowest BCUT2D eigenvalue weighted by Crippen LogP contribution is -2.47.